The van der Waals surface area contributed by atoms with Gasteiger partial charge in [0.1, 0.15) is 5.75 Å². The van der Waals surface area contributed by atoms with Gasteiger partial charge in [0, 0.05) is 10.9 Å². The second kappa shape index (κ2) is 4.53. The minimum Gasteiger partial charge on any atom is -0.491 e. The molecule has 0 saturated carbocycles. The molecule has 0 atom stereocenters. The van der Waals surface area contributed by atoms with E-state index in [1.165, 1.54) is 11.3 Å². The molecule has 0 spiro atoms. The fraction of sp³-hybridized carbons (Fsp3) is 0.250. The molecule has 1 heterocycles. The molecule has 16 heavy (non-hydrogen) atoms. The fourth-order valence-corrected chi connectivity index (χ4v) is 1.97. The van der Waals surface area contributed by atoms with Crippen molar-refractivity contribution in [3.63, 3.8) is 0 Å². The molecular weight excluding hydrogens is 220 g/mol. The lowest BCUT2D eigenvalue weighted by atomic mass is 10.2. The zero-order chi connectivity index (χ0) is 11.5. The van der Waals surface area contributed by atoms with Crippen LogP contribution in [0.15, 0.2) is 29.6 Å². The predicted molar refractivity (Wildman–Crippen MR) is 67.7 cm³/mol. The molecule has 1 aromatic carbocycles. The number of nitrogens with two attached hydrogens (primary N) is 1. The van der Waals surface area contributed by atoms with Gasteiger partial charge in [-0.1, -0.05) is 0 Å². The number of hydrogen-bond acceptors (Lipinski definition) is 4. The van der Waals surface area contributed by atoms with Gasteiger partial charge in [0.25, 0.3) is 0 Å². The van der Waals surface area contributed by atoms with E-state index >= 15 is 0 Å². The summed E-state index contributed by atoms with van der Waals surface area (Å²) < 4.78 is 5.57. The van der Waals surface area contributed by atoms with E-state index in [-0.39, 0.29) is 6.10 Å². The van der Waals surface area contributed by atoms with E-state index in [4.69, 9.17) is 10.5 Å². The summed E-state index contributed by atoms with van der Waals surface area (Å²) in [5.41, 5.74) is 7.57. The van der Waals surface area contributed by atoms with Crippen LogP contribution in [-0.4, -0.2) is 11.1 Å². The van der Waals surface area contributed by atoms with Gasteiger partial charge in [0.15, 0.2) is 5.13 Å². The Hall–Kier alpha value is -1.55. The van der Waals surface area contributed by atoms with Gasteiger partial charge in [-0.3, -0.25) is 0 Å². The second-order valence-electron chi connectivity index (χ2n) is 3.76. The molecule has 1 aromatic heterocycles. The molecule has 4 heteroatoms. The number of aromatic nitrogens is 1. The van der Waals surface area contributed by atoms with Crippen molar-refractivity contribution in [2.75, 3.05) is 5.73 Å². The van der Waals surface area contributed by atoms with Crippen LogP contribution >= 0.6 is 11.3 Å². The van der Waals surface area contributed by atoms with Crippen molar-refractivity contribution in [3.8, 4) is 17.0 Å². The van der Waals surface area contributed by atoms with Crippen LogP contribution in [0.1, 0.15) is 13.8 Å². The van der Waals surface area contributed by atoms with E-state index in [9.17, 15) is 0 Å². The second-order valence-corrected chi connectivity index (χ2v) is 4.65. The Kier molecular flexibility index (Phi) is 3.10. The Morgan fingerprint density at radius 3 is 2.44 bits per heavy atom. The number of anilines is 1. The summed E-state index contributed by atoms with van der Waals surface area (Å²) in [6, 6.07) is 7.88. The lowest BCUT2D eigenvalue weighted by Gasteiger charge is -2.09. The smallest absolute Gasteiger partial charge is 0.180 e. The number of thiazole rings is 1. The van der Waals surface area contributed by atoms with E-state index in [1.54, 1.807) is 0 Å². The average molecular weight is 234 g/mol. The molecule has 0 aliphatic heterocycles. The van der Waals surface area contributed by atoms with Crippen molar-refractivity contribution in [1.82, 2.24) is 4.98 Å². The highest BCUT2D eigenvalue weighted by Crippen LogP contribution is 2.25. The van der Waals surface area contributed by atoms with Gasteiger partial charge in [0.05, 0.1) is 11.8 Å². The highest BCUT2D eigenvalue weighted by atomic mass is 32.1. The molecule has 2 rings (SSSR count). The largest absolute Gasteiger partial charge is 0.491 e. The molecule has 0 radical (unpaired) electrons. The summed E-state index contributed by atoms with van der Waals surface area (Å²) >= 11 is 1.45. The monoisotopic (exact) mass is 234 g/mol. The first kappa shape index (κ1) is 11.0. The Bertz CT molecular complexity index is 462. The highest BCUT2D eigenvalue weighted by Gasteiger charge is 2.03. The van der Waals surface area contributed by atoms with Crippen LogP contribution in [0, 0.1) is 0 Å². The van der Waals surface area contributed by atoms with Crippen LogP contribution in [0.2, 0.25) is 0 Å². The van der Waals surface area contributed by atoms with E-state index < -0.39 is 0 Å². The molecule has 0 aliphatic rings. The molecule has 3 nitrogen and oxygen atoms in total. The van der Waals surface area contributed by atoms with Crippen LogP contribution in [0.25, 0.3) is 11.3 Å². The summed E-state index contributed by atoms with van der Waals surface area (Å²) in [5, 5.41) is 2.55. The number of benzene rings is 1. The third-order valence-electron chi connectivity index (χ3n) is 2.04. The van der Waals surface area contributed by atoms with Gasteiger partial charge in [0.2, 0.25) is 0 Å². The Balaban J connectivity index is 2.19. The topological polar surface area (TPSA) is 48.1 Å². The summed E-state index contributed by atoms with van der Waals surface area (Å²) in [6.45, 7) is 4.02. The first-order valence-electron chi connectivity index (χ1n) is 5.13. The van der Waals surface area contributed by atoms with Crippen molar-refractivity contribution in [3.05, 3.63) is 29.6 Å². The van der Waals surface area contributed by atoms with Gasteiger partial charge < -0.3 is 10.5 Å². The van der Waals surface area contributed by atoms with Crippen molar-refractivity contribution in [2.24, 2.45) is 0 Å². The molecule has 0 fully saturated rings. The minimum atomic E-state index is 0.195. The number of nitrogens with zero attached hydrogens (tertiary/aromatic N) is 1. The van der Waals surface area contributed by atoms with Gasteiger partial charge >= 0.3 is 0 Å². The number of hydrogen-bond donors (Lipinski definition) is 1. The van der Waals surface area contributed by atoms with Crippen molar-refractivity contribution < 1.29 is 4.74 Å². The maximum atomic E-state index is 5.59. The summed E-state index contributed by atoms with van der Waals surface area (Å²) in [5.74, 6) is 0.877. The van der Waals surface area contributed by atoms with Crippen molar-refractivity contribution in [2.45, 2.75) is 20.0 Å². The van der Waals surface area contributed by atoms with Crippen LogP contribution in [-0.2, 0) is 0 Å². The Morgan fingerprint density at radius 2 is 1.94 bits per heavy atom. The molecule has 0 amide bonds. The number of rotatable bonds is 3. The van der Waals surface area contributed by atoms with Crippen LogP contribution in [0.5, 0.6) is 5.75 Å². The fourth-order valence-electron chi connectivity index (χ4n) is 1.40. The Morgan fingerprint density at radius 1 is 1.25 bits per heavy atom. The average Bonchev–Trinajstić information content (AvgIpc) is 2.65. The van der Waals surface area contributed by atoms with Crippen molar-refractivity contribution in [1.29, 1.82) is 0 Å². The molecule has 84 valence electrons. The third-order valence-corrected chi connectivity index (χ3v) is 2.72. The lowest BCUT2D eigenvalue weighted by molar-refractivity contribution is 0.242. The number of ether oxygens (including phenoxy) is 1. The maximum absolute atomic E-state index is 5.59. The van der Waals surface area contributed by atoms with Gasteiger partial charge in [-0.15, -0.1) is 11.3 Å². The van der Waals surface area contributed by atoms with E-state index in [2.05, 4.69) is 4.98 Å². The zero-order valence-electron chi connectivity index (χ0n) is 9.31. The van der Waals surface area contributed by atoms with Crippen molar-refractivity contribution >= 4 is 16.5 Å². The molecule has 2 aromatic rings. The zero-order valence-corrected chi connectivity index (χ0v) is 10.1. The molecule has 0 bridgehead atoms. The summed E-state index contributed by atoms with van der Waals surface area (Å²) in [7, 11) is 0. The normalized spacial score (nSPS) is 10.7. The highest BCUT2D eigenvalue weighted by molar-refractivity contribution is 7.13. The third kappa shape index (κ3) is 2.52. The first-order chi connectivity index (χ1) is 7.65. The molecule has 0 aliphatic carbocycles. The lowest BCUT2D eigenvalue weighted by Crippen LogP contribution is -2.05. The molecule has 2 N–H and O–H groups in total. The van der Waals surface area contributed by atoms with E-state index in [1.807, 2.05) is 43.5 Å². The minimum absolute atomic E-state index is 0.195. The predicted octanol–water partition coefficient (Wildman–Crippen LogP) is 3.18. The summed E-state index contributed by atoms with van der Waals surface area (Å²) in [4.78, 5) is 4.23. The van der Waals surface area contributed by atoms with Crippen LogP contribution < -0.4 is 10.5 Å². The summed E-state index contributed by atoms with van der Waals surface area (Å²) in [6.07, 6.45) is 0.195. The molecule has 0 saturated heterocycles. The first-order valence-corrected chi connectivity index (χ1v) is 6.01. The maximum Gasteiger partial charge on any atom is 0.180 e. The van der Waals surface area contributed by atoms with Crippen LogP contribution in [0.3, 0.4) is 0 Å². The number of nitrogen functional groups attached to an aromatic ring is 1. The van der Waals surface area contributed by atoms with Gasteiger partial charge in [-0.05, 0) is 38.1 Å². The van der Waals surface area contributed by atoms with Crippen LogP contribution in [0.4, 0.5) is 5.13 Å². The van der Waals surface area contributed by atoms with Gasteiger partial charge in [-0.2, -0.15) is 0 Å². The van der Waals surface area contributed by atoms with Gasteiger partial charge in [-0.25, -0.2) is 4.98 Å². The van der Waals surface area contributed by atoms with E-state index in [0.29, 0.717) is 5.13 Å². The quantitative estimate of drug-likeness (QED) is 0.887. The molecular formula is C12H14N2OS. The Labute approximate surface area is 98.9 Å². The van der Waals surface area contributed by atoms with E-state index in [0.717, 1.165) is 17.0 Å². The standard InChI is InChI=1S/C12H14N2OS/c1-8(2)15-10-5-3-9(4-6-10)11-7-16-12(13)14-11/h3-8H,1-2H3,(H2,13,14). The molecule has 0 unspecified atom stereocenters. The SMILES string of the molecule is CC(C)Oc1ccc(-c2csc(N)n2)cc1.